The highest BCUT2D eigenvalue weighted by atomic mass is 32.1. The minimum Gasteiger partial charge on any atom is -0.383 e. The van der Waals surface area contributed by atoms with E-state index in [0.29, 0.717) is 5.84 Å². The molecule has 0 saturated carbocycles. The fraction of sp³-hybridized carbons (Fsp3) is 0.0435. The Morgan fingerprint density at radius 1 is 0.815 bits per heavy atom. The van der Waals surface area contributed by atoms with Crippen molar-refractivity contribution in [2.75, 3.05) is 0 Å². The number of aryl methyl sites for hydroxylation is 1. The number of aliphatic imine (C=N–C) groups is 1. The molecule has 2 N–H and O–H groups in total. The molecule has 0 aliphatic rings. The summed E-state index contributed by atoms with van der Waals surface area (Å²) < 4.78 is 0. The van der Waals surface area contributed by atoms with Crippen LogP contribution in [-0.4, -0.2) is 10.8 Å². The second-order valence-electron chi connectivity index (χ2n) is 6.27. The number of aromatic nitrogens is 1. The molecule has 0 aliphatic heterocycles. The molecule has 0 fully saturated rings. The molecule has 4 rings (SSSR count). The van der Waals surface area contributed by atoms with Gasteiger partial charge in [-0.05, 0) is 6.92 Å². The molecule has 0 amide bonds. The standard InChI is InChI=1S/C23H19N3S/c1-16-12-14-17(15-13-16)20-23(26-21(24)18-8-4-2-5-9-18)27-22(25-20)19-10-6-3-7-11-19/h2-15H,1H3,(H2,24,26). The third-order valence-corrected chi connectivity index (χ3v) is 5.24. The molecular weight excluding hydrogens is 350 g/mol. The number of benzene rings is 3. The van der Waals surface area contributed by atoms with Crippen molar-refractivity contribution < 1.29 is 0 Å². The van der Waals surface area contributed by atoms with Crippen LogP contribution in [0.3, 0.4) is 0 Å². The molecule has 4 aromatic rings. The molecule has 27 heavy (non-hydrogen) atoms. The van der Waals surface area contributed by atoms with Gasteiger partial charge in [-0.3, -0.25) is 0 Å². The third kappa shape index (κ3) is 3.81. The van der Waals surface area contributed by atoms with Crippen LogP contribution in [0, 0.1) is 6.92 Å². The van der Waals surface area contributed by atoms with Crippen LogP contribution in [0.2, 0.25) is 0 Å². The zero-order valence-corrected chi connectivity index (χ0v) is 15.8. The second kappa shape index (κ2) is 7.56. The average molecular weight is 369 g/mol. The molecule has 1 heterocycles. The van der Waals surface area contributed by atoms with E-state index in [0.717, 1.165) is 32.4 Å². The van der Waals surface area contributed by atoms with E-state index in [2.05, 4.69) is 43.3 Å². The Balaban J connectivity index is 1.83. The summed E-state index contributed by atoms with van der Waals surface area (Å²) in [5.41, 5.74) is 11.4. The predicted molar refractivity (Wildman–Crippen MR) is 115 cm³/mol. The van der Waals surface area contributed by atoms with Gasteiger partial charge in [0.1, 0.15) is 21.5 Å². The van der Waals surface area contributed by atoms with Crippen molar-refractivity contribution in [3.63, 3.8) is 0 Å². The summed E-state index contributed by atoms with van der Waals surface area (Å²) in [4.78, 5) is 9.61. The summed E-state index contributed by atoms with van der Waals surface area (Å²) in [5.74, 6) is 0.493. The fourth-order valence-electron chi connectivity index (χ4n) is 2.77. The van der Waals surface area contributed by atoms with E-state index in [1.807, 2.05) is 48.5 Å². The molecule has 0 bridgehead atoms. The first kappa shape index (κ1) is 17.2. The minimum atomic E-state index is 0.493. The van der Waals surface area contributed by atoms with Crippen molar-refractivity contribution in [1.82, 2.24) is 4.98 Å². The number of hydrogen-bond acceptors (Lipinski definition) is 3. The SMILES string of the molecule is Cc1ccc(-c2nc(-c3ccccc3)sc2/N=C(\N)c2ccccc2)cc1. The minimum absolute atomic E-state index is 0.493. The molecule has 0 unspecified atom stereocenters. The molecule has 0 spiro atoms. The maximum absolute atomic E-state index is 6.27. The van der Waals surface area contributed by atoms with Crippen molar-refractivity contribution in [1.29, 1.82) is 0 Å². The van der Waals surface area contributed by atoms with Crippen LogP contribution >= 0.6 is 11.3 Å². The number of nitrogens with zero attached hydrogens (tertiary/aromatic N) is 2. The summed E-state index contributed by atoms with van der Waals surface area (Å²) in [6.45, 7) is 2.08. The molecule has 0 aliphatic carbocycles. The lowest BCUT2D eigenvalue weighted by atomic mass is 10.1. The summed E-state index contributed by atoms with van der Waals surface area (Å²) in [5, 5.41) is 1.75. The fourth-order valence-corrected chi connectivity index (χ4v) is 3.75. The third-order valence-electron chi connectivity index (χ3n) is 4.25. The van der Waals surface area contributed by atoms with Crippen molar-refractivity contribution in [3.05, 3.63) is 96.1 Å². The van der Waals surface area contributed by atoms with Gasteiger partial charge in [0.15, 0.2) is 0 Å². The Kier molecular flexibility index (Phi) is 4.81. The van der Waals surface area contributed by atoms with Gasteiger partial charge in [0.25, 0.3) is 0 Å². The first-order valence-corrected chi connectivity index (χ1v) is 9.55. The second-order valence-corrected chi connectivity index (χ2v) is 7.25. The van der Waals surface area contributed by atoms with Gasteiger partial charge < -0.3 is 5.73 Å². The van der Waals surface area contributed by atoms with Crippen molar-refractivity contribution in [3.8, 4) is 21.8 Å². The van der Waals surface area contributed by atoms with Gasteiger partial charge in [-0.15, -0.1) is 0 Å². The van der Waals surface area contributed by atoms with Gasteiger partial charge in [-0.2, -0.15) is 0 Å². The zero-order valence-electron chi connectivity index (χ0n) is 15.0. The van der Waals surface area contributed by atoms with E-state index in [4.69, 9.17) is 15.7 Å². The topological polar surface area (TPSA) is 51.3 Å². The lowest BCUT2D eigenvalue weighted by molar-refractivity contribution is 1.37. The monoisotopic (exact) mass is 369 g/mol. The Bertz CT molecular complexity index is 1070. The lowest BCUT2D eigenvalue weighted by Crippen LogP contribution is -2.12. The van der Waals surface area contributed by atoms with Crippen LogP contribution in [0.15, 0.2) is 89.9 Å². The van der Waals surface area contributed by atoms with Gasteiger partial charge in [-0.1, -0.05) is 102 Å². The largest absolute Gasteiger partial charge is 0.383 e. The summed E-state index contributed by atoms with van der Waals surface area (Å²) in [7, 11) is 0. The Morgan fingerprint density at radius 2 is 1.44 bits per heavy atom. The molecule has 0 saturated heterocycles. The quantitative estimate of drug-likeness (QED) is 0.364. The van der Waals surface area contributed by atoms with E-state index < -0.39 is 0 Å². The summed E-state index contributed by atoms with van der Waals surface area (Å²) in [6, 6.07) is 28.3. The van der Waals surface area contributed by atoms with Crippen molar-refractivity contribution in [2.45, 2.75) is 6.92 Å². The Morgan fingerprint density at radius 3 is 2.11 bits per heavy atom. The highest BCUT2D eigenvalue weighted by Crippen LogP contribution is 2.40. The molecule has 0 radical (unpaired) electrons. The Labute approximate surface area is 162 Å². The summed E-state index contributed by atoms with van der Waals surface area (Å²) >= 11 is 1.56. The van der Waals surface area contributed by atoms with Crippen LogP contribution in [0.25, 0.3) is 21.8 Å². The molecule has 1 aromatic heterocycles. The highest BCUT2D eigenvalue weighted by molar-refractivity contribution is 7.19. The number of hydrogen-bond donors (Lipinski definition) is 1. The van der Waals surface area contributed by atoms with Crippen molar-refractivity contribution >= 4 is 22.2 Å². The average Bonchev–Trinajstić information content (AvgIpc) is 3.13. The zero-order chi connectivity index (χ0) is 18.6. The van der Waals surface area contributed by atoms with Gasteiger partial charge in [0.05, 0.1) is 0 Å². The molecular formula is C23H19N3S. The highest BCUT2D eigenvalue weighted by Gasteiger charge is 2.15. The first-order valence-electron chi connectivity index (χ1n) is 8.73. The van der Waals surface area contributed by atoms with Crippen molar-refractivity contribution in [2.24, 2.45) is 10.7 Å². The van der Waals surface area contributed by atoms with E-state index in [9.17, 15) is 0 Å². The molecule has 3 aromatic carbocycles. The van der Waals surface area contributed by atoms with E-state index >= 15 is 0 Å². The first-order chi connectivity index (χ1) is 13.2. The number of thiazole rings is 1. The van der Waals surface area contributed by atoms with E-state index in [1.165, 1.54) is 5.56 Å². The molecule has 4 heteroatoms. The number of amidine groups is 1. The summed E-state index contributed by atoms with van der Waals surface area (Å²) in [6.07, 6.45) is 0. The number of nitrogens with two attached hydrogens (primary N) is 1. The maximum atomic E-state index is 6.27. The van der Waals surface area contributed by atoms with Gasteiger partial charge in [-0.25, -0.2) is 9.98 Å². The van der Waals surface area contributed by atoms with Gasteiger partial charge in [0.2, 0.25) is 0 Å². The number of rotatable bonds is 4. The van der Waals surface area contributed by atoms with Crippen LogP contribution < -0.4 is 5.73 Å². The molecule has 132 valence electrons. The lowest BCUT2D eigenvalue weighted by Gasteiger charge is -2.02. The normalized spacial score (nSPS) is 11.5. The van der Waals surface area contributed by atoms with E-state index in [1.54, 1.807) is 11.3 Å². The molecule has 3 nitrogen and oxygen atoms in total. The Hall–Kier alpha value is -3.24. The van der Waals surface area contributed by atoms with Crippen LogP contribution in [0.4, 0.5) is 5.00 Å². The maximum Gasteiger partial charge on any atom is 0.146 e. The van der Waals surface area contributed by atoms with E-state index in [-0.39, 0.29) is 0 Å². The predicted octanol–water partition coefficient (Wildman–Crippen LogP) is 5.82. The molecule has 0 atom stereocenters. The smallest absolute Gasteiger partial charge is 0.146 e. The van der Waals surface area contributed by atoms with Gasteiger partial charge >= 0.3 is 0 Å². The van der Waals surface area contributed by atoms with Crippen LogP contribution in [0.5, 0.6) is 0 Å². The van der Waals surface area contributed by atoms with Crippen LogP contribution in [0.1, 0.15) is 11.1 Å². The van der Waals surface area contributed by atoms with Gasteiger partial charge in [0, 0.05) is 16.7 Å². The van der Waals surface area contributed by atoms with Crippen LogP contribution in [-0.2, 0) is 0 Å².